The zero-order valence-electron chi connectivity index (χ0n) is 19.2. The molecular formula is C23H38FN5O2. The molecule has 2 saturated heterocycles. The largest absolute Gasteiger partial charge is 0.373 e. The average molecular weight is 436 g/mol. The van der Waals surface area contributed by atoms with Crippen LogP contribution in [0.5, 0.6) is 0 Å². The van der Waals surface area contributed by atoms with E-state index in [0.29, 0.717) is 19.1 Å². The van der Waals surface area contributed by atoms with E-state index in [-0.39, 0.29) is 36.1 Å². The summed E-state index contributed by atoms with van der Waals surface area (Å²) in [6.07, 6.45) is 3.23. The number of hydrazine groups is 1. The Bertz CT molecular complexity index is 711. The van der Waals surface area contributed by atoms with E-state index >= 15 is 0 Å². The Morgan fingerprint density at radius 3 is 2.77 bits per heavy atom. The Kier molecular flexibility index (Phi) is 8.66. The number of halogens is 1. The maximum atomic E-state index is 13.4. The van der Waals surface area contributed by atoms with Crippen molar-refractivity contribution in [2.75, 3.05) is 33.2 Å². The molecule has 2 aliphatic rings. The molecule has 5 atom stereocenters. The third-order valence-electron chi connectivity index (χ3n) is 6.25. The van der Waals surface area contributed by atoms with Crippen molar-refractivity contribution >= 4 is 6.03 Å². The summed E-state index contributed by atoms with van der Waals surface area (Å²) in [7, 11) is 1.84. The highest BCUT2D eigenvalue weighted by atomic mass is 19.1. The van der Waals surface area contributed by atoms with E-state index in [1.807, 2.05) is 13.1 Å². The Hall–Kier alpha value is -1.74. The van der Waals surface area contributed by atoms with Gasteiger partial charge in [-0.3, -0.25) is 15.8 Å². The fourth-order valence-corrected chi connectivity index (χ4v) is 4.51. The molecule has 0 bridgehead atoms. The molecule has 2 fully saturated rings. The topological polar surface area (TPSA) is 68.9 Å². The van der Waals surface area contributed by atoms with Gasteiger partial charge in [0.2, 0.25) is 0 Å². The molecule has 0 saturated carbocycles. The number of urea groups is 1. The second-order valence-electron chi connectivity index (χ2n) is 9.14. The van der Waals surface area contributed by atoms with Crippen LogP contribution >= 0.6 is 0 Å². The van der Waals surface area contributed by atoms with Crippen LogP contribution in [0.1, 0.15) is 51.6 Å². The normalized spacial score (nSPS) is 27.8. The van der Waals surface area contributed by atoms with Gasteiger partial charge in [-0.2, -0.15) is 0 Å². The second-order valence-corrected chi connectivity index (χ2v) is 9.14. The minimum Gasteiger partial charge on any atom is -0.373 e. The van der Waals surface area contributed by atoms with E-state index in [2.05, 4.69) is 41.8 Å². The van der Waals surface area contributed by atoms with Crippen molar-refractivity contribution in [3.8, 4) is 0 Å². The van der Waals surface area contributed by atoms with Gasteiger partial charge >= 0.3 is 6.03 Å². The lowest BCUT2D eigenvalue weighted by Crippen LogP contribution is -2.53. The third-order valence-corrected chi connectivity index (χ3v) is 6.25. The highest BCUT2D eigenvalue weighted by Gasteiger charge is 2.27. The van der Waals surface area contributed by atoms with Gasteiger partial charge in [0.05, 0.1) is 12.2 Å². The molecule has 5 unspecified atom stereocenters. The van der Waals surface area contributed by atoms with E-state index in [1.54, 1.807) is 17.0 Å². The molecule has 1 aromatic carbocycles. The van der Waals surface area contributed by atoms with Crippen molar-refractivity contribution in [3.63, 3.8) is 0 Å². The summed E-state index contributed by atoms with van der Waals surface area (Å²) < 4.78 is 19.2. The summed E-state index contributed by atoms with van der Waals surface area (Å²) in [6.45, 7) is 9.47. The van der Waals surface area contributed by atoms with E-state index in [4.69, 9.17) is 4.74 Å². The van der Waals surface area contributed by atoms with Crippen molar-refractivity contribution in [2.45, 2.75) is 70.4 Å². The van der Waals surface area contributed by atoms with Crippen LogP contribution < -0.4 is 16.2 Å². The minimum absolute atomic E-state index is 0.0312. The van der Waals surface area contributed by atoms with Crippen LogP contribution in [0.15, 0.2) is 24.3 Å². The van der Waals surface area contributed by atoms with Gasteiger partial charge in [-0.15, -0.1) is 0 Å². The number of morpholine rings is 1. The molecule has 174 valence electrons. The fourth-order valence-electron chi connectivity index (χ4n) is 4.51. The molecule has 0 aromatic heterocycles. The molecule has 8 heteroatoms. The van der Waals surface area contributed by atoms with Gasteiger partial charge in [-0.25, -0.2) is 9.18 Å². The Labute approximate surface area is 185 Å². The fraction of sp³-hybridized carbons (Fsp3) is 0.696. The van der Waals surface area contributed by atoms with Crippen LogP contribution in [0.4, 0.5) is 9.18 Å². The van der Waals surface area contributed by atoms with Crippen molar-refractivity contribution in [1.29, 1.82) is 0 Å². The molecule has 0 spiro atoms. The van der Waals surface area contributed by atoms with Crippen LogP contribution in [0.2, 0.25) is 0 Å². The van der Waals surface area contributed by atoms with E-state index in [9.17, 15) is 9.18 Å². The van der Waals surface area contributed by atoms with E-state index in [0.717, 1.165) is 37.9 Å². The van der Waals surface area contributed by atoms with Crippen molar-refractivity contribution < 1.29 is 13.9 Å². The molecule has 2 heterocycles. The quantitative estimate of drug-likeness (QED) is 0.586. The van der Waals surface area contributed by atoms with Gasteiger partial charge in [0, 0.05) is 51.4 Å². The minimum atomic E-state index is -0.206. The van der Waals surface area contributed by atoms with Gasteiger partial charge in [0.15, 0.2) is 0 Å². The zero-order valence-corrected chi connectivity index (χ0v) is 19.2. The van der Waals surface area contributed by atoms with Crippen LogP contribution in [0.3, 0.4) is 0 Å². The molecule has 7 nitrogen and oxygen atoms in total. The zero-order chi connectivity index (χ0) is 22.4. The molecule has 2 aliphatic heterocycles. The van der Waals surface area contributed by atoms with Gasteiger partial charge in [-0.1, -0.05) is 12.1 Å². The summed E-state index contributed by atoms with van der Waals surface area (Å²) in [4.78, 5) is 16.6. The van der Waals surface area contributed by atoms with Crippen LogP contribution in [-0.4, -0.2) is 73.3 Å². The second kappa shape index (κ2) is 11.2. The van der Waals surface area contributed by atoms with Crippen molar-refractivity contribution in [3.05, 3.63) is 35.6 Å². The summed E-state index contributed by atoms with van der Waals surface area (Å²) in [6, 6.07) is 7.42. The van der Waals surface area contributed by atoms with Crippen molar-refractivity contribution in [1.82, 2.24) is 26.0 Å². The van der Waals surface area contributed by atoms with E-state index in [1.165, 1.54) is 6.07 Å². The van der Waals surface area contributed by atoms with Crippen LogP contribution in [0, 0.1) is 5.82 Å². The first kappa shape index (κ1) is 23.9. The molecule has 0 aliphatic carbocycles. The first-order valence-electron chi connectivity index (χ1n) is 11.5. The lowest BCUT2D eigenvalue weighted by molar-refractivity contribution is -0.0778. The predicted molar refractivity (Wildman–Crippen MR) is 120 cm³/mol. The highest BCUT2D eigenvalue weighted by molar-refractivity contribution is 5.73. The number of carbonyl (C=O) groups is 1. The average Bonchev–Trinajstić information content (AvgIpc) is 3.20. The lowest BCUT2D eigenvalue weighted by atomic mass is 9.99. The number of rotatable bonds is 8. The summed E-state index contributed by atoms with van der Waals surface area (Å²) in [5.41, 5.74) is 7.52. The smallest absolute Gasteiger partial charge is 0.317 e. The standard InChI is InChI=1S/C23H38FN5O2/c1-16(29-14-17(2)31-18(3)15-29)13-25-23(30)28(4)10-6-9-21-12-22(27-26-21)19-7-5-8-20(24)11-19/h5,7-8,11,16-18,21-22,26-27H,6,9-10,12-15H2,1-4H3,(H,25,30). The molecule has 3 N–H and O–H groups in total. The molecule has 0 radical (unpaired) electrons. The molecular weight excluding hydrogens is 397 g/mol. The van der Waals surface area contributed by atoms with Crippen LogP contribution in [-0.2, 0) is 4.74 Å². The van der Waals surface area contributed by atoms with Gasteiger partial charge in [0.1, 0.15) is 5.82 Å². The maximum Gasteiger partial charge on any atom is 0.317 e. The van der Waals surface area contributed by atoms with Gasteiger partial charge < -0.3 is 15.0 Å². The van der Waals surface area contributed by atoms with Gasteiger partial charge in [-0.05, 0) is 57.7 Å². The number of hydrogen-bond donors (Lipinski definition) is 3. The van der Waals surface area contributed by atoms with Gasteiger partial charge in [0.25, 0.3) is 0 Å². The molecule has 3 rings (SSSR count). The summed E-state index contributed by atoms with van der Waals surface area (Å²) in [5, 5.41) is 3.06. The maximum absolute atomic E-state index is 13.4. The third kappa shape index (κ3) is 7.14. The number of carbonyl (C=O) groups excluding carboxylic acids is 1. The lowest BCUT2D eigenvalue weighted by Gasteiger charge is -2.39. The number of benzene rings is 1. The summed E-state index contributed by atoms with van der Waals surface area (Å²) in [5.74, 6) is -0.206. The van der Waals surface area contributed by atoms with Crippen LogP contribution in [0.25, 0.3) is 0 Å². The monoisotopic (exact) mass is 435 g/mol. The Morgan fingerprint density at radius 2 is 2.06 bits per heavy atom. The number of ether oxygens (including phenoxy) is 1. The molecule has 2 amide bonds. The van der Waals surface area contributed by atoms with Crippen molar-refractivity contribution in [2.24, 2.45) is 0 Å². The SMILES string of the molecule is CC1CN(C(C)CNC(=O)N(C)CCCC2CC(c3cccc(F)c3)NN2)CC(C)O1. The predicted octanol–water partition coefficient (Wildman–Crippen LogP) is 2.65. The number of nitrogens with one attached hydrogen (secondary N) is 3. The van der Waals surface area contributed by atoms with E-state index < -0.39 is 0 Å². The first-order chi connectivity index (χ1) is 14.8. The number of nitrogens with zero attached hydrogens (tertiary/aromatic N) is 2. The highest BCUT2D eigenvalue weighted by Crippen LogP contribution is 2.24. The summed E-state index contributed by atoms with van der Waals surface area (Å²) >= 11 is 0. The first-order valence-corrected chi connectivity index (χ1v) is 11.5. The number of amides is 2. The Balaban J connectivity index is 1.32. The number of hydrogen-bond acceptors (Lipinski definition) is 5. The molecule has 1 aromatic rings. The molecule has 31 heavy (non-hydrogen) atoms. The Morgan fingerprint density at radius 1 is 1.32 bits per heavy atom.